The summed E-state index contributed by atoms with van der Waals surface area (Å²) in [5.41, 5.74) is 2.16. The molecule has 0 spiro atoms. The fourth-order valence-corrected chi connectivity index (χ4v) is 2.76. The highest BCUT2D eigenvalue weighted by atomic mass is 16.5. The number of ether oxygens (including phenoxy) is 2. The van der Waals surface area contributed by atoms with Crippen molar-refractivity contribution in [3.63, 3.8) is 0 Å². The van der Waals surface area contributed by atoms with Crippen LogP contribution in [0, 0.1) is 12.8 Å². The molecule has 1 rings (SSSR count). The van der Waals surface area contributed by atoms with Gasteiger partial charge in [0.15, 0.2) is 5.96 Å². The van der Waals surface area contributed by atoms with Crippen molar-refractivity contribution >= 4 is 11.9 Å². The molecule has 0 heterocycles. The van der Waals surface area contributed by atoms with Crippen molar-refractivity contribution in [3.05, 3.63) is 29.3 Å². The van der Waals surface area contributed by atoms with Gasteiger partial charge in [-0.05, 0) is 37.8 Å². The predicted molar refractivity (Wildman–Crippen MR) is 118 cm³/mol. The van der Waals surface area contributed by atoms with Crippen LogP contribution in [-0.4, -0.2) is 63.8 Å². The highest BCUT2D eigenvalue weighted by molar-refractivity contribution is 5.86. The first-order chi connectivity index (χ1) is 13.7. The molecule has 0 aliphatic rings. The van der Waals surface area contributed by atoms with Gasteiger partial charge in [0.05, 0.1) is 25.8 Å². The third-order valence-electron chi connectivity index (χ3n) is 4.27. The van der Waals surface area contributed by atoms with Crippen LogP contribution in [0.4, 0.5) is 0 Å². The minimum Gasteiger partial charge on any atom is -0.490 e. The Morgan fingerprint density at radius 1 is 1.21 bits per heavy atom. The number of aliphatic imine (C=N–C) groups is 1. The molecule has 0 aromatic heterocycles. The van der Waals surface area contributed by atoms with E-state index in [0.29, 0.717) is 31.6 Å². The molecule has 7 heteroatoms. The van der Waals surface area contributed by atoms with E-state index < -0.39 is 0 Å². The van der Waals surface area contributed by atoms with Gasteiger partial charge in [-0.1, -0.05) is 26.0 Å². The number of guanidine groups is 1. The summed E-state index contributed by atoms with van der Waals surface area (Å²) in [7, 11) is 5.11. The van der Waals surface area contributed by atoms with E-state index in [1.54, 1.807) is 26.1 Å². The lowest BCUT2D eigenvalue weighted by molar-refractivity contribution is -0.127. The van der Waals surface area contributed by atoms with Crippen LogP contribution in [0.3, 0.4) is 0 Å². The van der Waals surface area contributed by atoms with Crippen molar-refractivity contribution in [2.45, 2.75) is 46.8 Å². The van der Waals surface area contributed by atoms with Crippen LogP contribution in [0.5, 0.6) is 5.75 Å². The number of hydrogen-bond donors (Lipinski definition) is 2. The number of rotatable bonds is 11. The molecule has 7 nitrogen and oxygen atoms in total. The number of hydrogen-bond acceptors (Lipinski definition) is 4. The van der Waals surface area contributed by atoms with Crippen LogP contribution in [0.25, 0.3) is 0 Å². The summed E-state index contributed by atoms with van der Waals surface area (Å²) in [6.45, 7) is 10.3. The van der Waals surface area contributed by atoms with Crippen molar-refractivity contribution in [2.75, 3.05) is 40.9 Å². The normalized spacial score (nSPS) is 12.6. The van der Waals surface area contributed by atoms with Crippen molar-refractivity contribution < 1.29 is 14.3 Å². The third kappa shape index (κ3) is 10.2. The zero-order valence-corrected chi connectivity index (χ0v) is 19.0. The maximum absolute atomic E-state index is 11.9. The predicted octanol–water partition coefficient (Wildman–Crippen LogP) is 2.58. The van der Waals surface area contributed by atoms with E-state index in [0.717, 1.165) is 23.3 Å². The molecule has 2 N–H and O–H groups in total. The second-order valence-corrected chi connectivity index (χ2v) is 7.90. The molecule has 1 aromatic carbocycles. The molecule has 1 atom stereocenters. The van der Waals surface area contributed by atoms with Crippen molar-refractivity contribution in [2.24, 2.45) is 10.9 Å². The van der Waals surface area contributed by atoms with Gasteiger partial charge >= 0.3 is 0 Å². The molecule has 1 amide bonds. The SMILES string of the molecule is COCCNC(=NCc1ccc(C)cc1OC(C)CC(C)C)NCC(=O)N(C)C. The maximum atomic E-state index is 11.9. The number of methoxy groups -OCH3 is 1. The highest BCUT2D eigenvalue weighted by Crippen LogP contribution is 2.24. The number of benzene rings is 1. The van der Waals surface area contributed by atoms with Crippen molar-refractivity contribution in [1.29, 1.82) is 0 Å². The average molecular weight is 407 g/mol. The molecule has 0 radical (unpaired) electrons. The zero-order chi connectivity index (χ0) is 21.8. The summed E-state index contributed by atoms with van der Waals surface area (Å²) in [6.07, 6.45) is 1.13. The number of likely N-dealkylation sites (N-methyl/N-ethyl adjacent to an activating group) is 1. The molecular weight excluding hydrogens is 368 g/mol. The first kappa shape index (κ1) is 24.8. The quantitative estimate of drug-likeness (QED) is 0.336. The lowest BCUT2D eigenvalue weighted by Crippen LogP contribution is -2.43. The topological polar surface area (TPSA) is 75.2 Å². The zero-order valence-electron chi connectivity index (χ0n) is 19.0. The second-order valence-electron chi connectivity index (χ2n) is 7.90. The molecule has 0 saturated carbocycles. The Bertz CT molecular complexity index is 659. The Hall–Kier alpha value is -2.28. The van der Waals surface area contributed by atoms with Gasteiger partial charge in [0.25, 0.3) is 0 Å². The largest absolute Gasteiger partial charge is 0.490 e. The van der Waals surface area contributed by atoms with Crippen LogP contribution in [0.1, 0.15) is 38.3 Å². The van der Waals surface area contributed by atoms with Crippen LogP contribution in [0.15, 0.2) is 23.2 Å². The lowest BCUT2D eigenvalue weighted by atomic mass is 10.1. The molecule has 1 aromatic rings. The number of nitrogens with one attached hydrogen (secondary N) is 2. The molecule has 0 saturated heterocycles. The first-order valence-electron chi connectivity index (χ1n) is 10.2. The third-order valence-corrected chi connectivity index (χ3v) is 4.27. The smallest absolute Gasteiger partial charge is 0.241 e. The molecule has 0 bridgehead atoms. The van der Waals surface area contributed by atoms with E-state index in [1.165, 1.54) is 0 Å². The van der Waals surface area contributed by atoms with E-state index in [2.05, 4.69) is 55.5 Å². The van der Waals surface area contributed by atoms with Gasteiger partial charge < -0.3 is 25.0 Å². The number of carbonyl (C=O) groups excluding carboxylic acids is 1. The van der Waals surface area contributed by atoms with E-state index >= 15 is 0 Å². The Balaban J connectivity index is 2.90. The van der Waals surface area contributed by atoms with Gasteiger partial charge in [0, 0.05) is 33.3 Å². The van der Waals surface area contributed by atoms with E-state index in [4.69, 9.17) is 9.47 Å². The minimum absolute atomic E-state index is 0.0203. The average Bonchev–Trinajstić information content (AvgIpc) is 2.63. The second kappa shape index (κ2) is 13.0. The standard InChI is InChI=1S/C22H38N4O3/c1-16(2)12-18(4)29-20-13-17(3)8-9-19(20)14-24-22(23-10-11-28-7)25-15-21(27)26(5)6/h8-9,13,16,18H,10-12,14-15H2,1-7H3,(H2,23,24,25). The lowest BCUT2D eigenvalue weighted by Gasteiger charge is -2.19. The molecule has 29 heavy (non-hydrogen) atoms. The fourth-order valence-electron chi connectivity index (χ4n) is 2.76. The number of carbonyl (C=O) groups is 1. The molecule has 0 fully saturated rings. The van der Waals surface area contributed by atoms with E-state index in [-0.39, 0.29) is 18.6 Å². The molecule has 0 aliphatic heterocycles. The monoisotopic (exact) mass is 406 g/mol. The number of amides is 1. The summed E-state index contributed by atoms with van der Waals surface area (Å²) in [5, 5.41) is 6.26. The van der Waals surface area contributed by atoms with Crippen molar-refractivity contribution in [3.8, 4) is 5.75 Å². The summed E-state index contributed by atoms with van der Waals surface area (Å²) < 4.78 is 11.3. The Morgan fingerprint density at radius 3 is 2.55 bits per heavy atom. The summed E-state index contributed by atoms with van der Waals surface area (Å²) in [6, 6.07) is 6.17. The fraction of sp³-hybridized carbons (Fsp3) is 0.636. The van der Waals surface area contributed by atoms with Gasteiger partial charge in [-0.3, -0.25) is 4.79 Å². The number of aryl methyl sites for hydroxylation is 1. The Labute approximate surface area is 175 Å². The Kier molecular flexibility index (Phi) is 11.1. The summed E-state index contributed by atoms with van der Waals surface area (Å²) in [5.74, 6) is 1.99. The van der Waals surface area contributed by atoms with Gasteiger partial charge in [0.2, 0.25) is 5.91 Å². The minimum atomic E-state index is -0.0203. The van der Waals surface area contributed by atoms with Crippen LogP contribution >= 0.6 is 0 Å². The number of nitrogens with zero attached hydrogens (tertiary/aromatic N) is 2. The summed E-state index contributed by atoms with van der Waals surface area (Å²) >= 11 is 0. The van der Waals surface area contributed by atoms with Gasteiger partial charge in [-0.2, -0.15) is 0 Å². The van der Waals surface area contributed by atoms with Crippen LogP contribution in [0.2, 0.25) is 0 Å². The van der Waals surface area contributed by atoms with Crippen LogP contribution in [-0.2, 0) is 16.1 Å². The molecular formula is C22H38N4O3. The first-order valence-corrected chi connectivity index (χ1v) is 10.2. The van der Waals surface area contributed by atoms with Crippen LogP contribution < -0.4 is 15.4 Å². The maximum Gasteiger partial charge on any atom is 0.241 e. The van der Waals surface area contributed by atoms with E-state index in [1.807, 2.05) is 6.07 Å². The summed E-state index contributed by atoms with van der Waals surface area (Å²) in [4.78, 5) is 18.1. The molecule has 0 aliphatic carbocycles. The Morgan fingerprint density at radius 2 is 1.93 bits per heavy atom. The highest BCUT2D eigenvalue weighted by Gasteiger charge is 2.11. The van der Waals surface area contributed by atoms with Gasteiger partial charge in [-0.25, -0.2) is 4.99 Å². The van der Waals surface area contributed by atoms with Gasteiger partial charge in [-0.15, -0.1) is 0 Å². The molecule has 1 unspecified atom stereocenters. The van der Waals surface area contributed by atoms with Crippen molar-refractivity contribution in [1.82, 2.24) is 15.5 Å². The van der Waals surface area contributed by atoms with Gasteiger partial charge in [0.1, 0.15) is 5.75 Å². The molecule has 164 valence electrons. The van der Waals surface area contributed by atoms with E-state index in [9.17, 15) is 4.79 Å².